The molecular weight excluding hydrogens is 432 g/mol. The number of hydrogen-bond donors (Lipinski definition) is 2. The fraction of sp³-hybridized carbons (Fsp3) is 0.333. The summed E-state index contributed by atoms with van der Waals surface area (Å²) in [5.41, 5.74) is -3.45. The van der Waals surface area contributed by atoms with E-state index < -0.39 is 35.0 Å². The number of rotatable bonds is 7. The summed E-state index contributed by atoms with van der Waals surface area (Å²) in [4.78, 5) is 26.5. The fourth-order valence-electron chi connectivity index (χ4n) is 2.35. The van der Waals surface area contributed by atoms with Gasteiger partial charge in [0.1, 0.15) is 6.33 Å². The van der Waals surface area contributed by atoms with Crippen LogP contribution in [0.5, 0.6) is 0 Å². The van der Waals surface area contributed by atoms with Crippen molar-refractivity contribution in [2.75, 3.05) is 13.6 Å². The number of carbonyl (C=O) groups excluding carboxylic acids is 2. The van der Waals surface area contributed by atoms with Gasteiger partial charge in [0.05, 0.1) is 11.1 Å². The molecule has 0 bridgehead atoms. The highest BCUT2D eigenvalue weighted by molar-refractivity contribution is 5.90. The Morgan fingerprint density at radius 3 is 2.23 bits per heavy atom. The maximum Gasteiger partial charge on any atom is 0.416 e. The van der Waals surface area contributed by atoms with Crippen LogP contribution in [-0.4, -0.2) is 40.2 Å². The van der Waals surface area contributed by atoms with Gasteiger partial charge in [-0.2, -0.15) is 26.3 Å². The van der Waals surface area contributed by atoms with E-state index in [-0.39, 0.29) is 30.8 Å². The number of halogens is 6. The van der Waals surface area contributed by atoms with Gasteiger partial charge >= 0.3 is 12.4 Å². The van der Waals surface area contributed by atoms with Crippen molar-refractivity contribution < 1.29 is 35.9 Å². The summed E-state index contributed by atoms with van der Waals surface area (Å²) in [6.07, 6.45) is -6.15. The van der Waals surface area contributed by atoms with E-state index in [2.05, 4.69) is 20.7 Å². The predicted octanol–water partition coefficient (Wildman–Crippen LogP) is 3.10. The van der Waals surface area contributed by atoms with Crippen molar-refractivity contribution in [3.8, 4) is 11.4 Å². The number of nitrogens with one attached hydrogen (secondary N) is 2. The Kier molecular flexibility index (Phi) is 7.41. The maximum absolute atomic E-state index is 13.0. The summed E-state index contributed by atoms with van der Waals surface area (Å²) in [5, 5.41) is 8.71. The molecule has 2 aromatic rings. The van der Waals surface area contributed by atoms with Gasteiger partial charge in [-0.1, -0.05) is 0 Å². The molecule has 2 rings (SSSR count). The summed E-state index contributed by atoms with van der Waals surface area (Å²) >= 11 is 0. The Labute approximate surface area is 172 Å². The van der Waals surface area contributed by atoms with Crippen LogP contribution in [0.2, 0.25) is 0 Å². The summed E-state index contributed by atoms with van der Waals surface area (Å²) in [6.45, 7) is 0.226. The van der Waals surface area contributed by atoms with Crippen LogP contribution in [0, 0.1) is 0 Å². The van der Waals surface area contributed by atoms with Gasteiger partial charge in [0, 0.05) is 37.9 Å². The summed E-state index contributed by atoms with van der Waals surface area (Å²) < 4.78 is 78.8. The van der Waals surface area contributed by atoms with E-state index in [1.54, 1.807) is 0 Å². The van der Waals surface area contributed by atoms with Gasteiger partial charge in [-0.05, 0) is 24.6 Å². The van der Waals surface area contributed by atoms with E-state index >= 15 is 0 Å². The molecule has 0 aliphatic rings. The smallest absolute Gasteiger partial charge is 0.359 e. The number of aromatic nitrogens is 3. The molecule has 1 aromatic carbocycles. The molecule has 31 heavy (non-hydrogen) atoms. The van der Waals surface area contributed by atoms with Gasteiger partial charge in [-0.15, -0.1) is 5.10 Å². The molecule has 7 nitrogen and oxygen atoms in total. The van der Waals surface area contributed by atoms with Crippen molar-refractivity contribution in [1.29, 1.82) is 0 Å². The van der Waals surface area contributed by atoms with Gasteiger partial charge < -0.3 is 10.6 Å². The zero-order chi connectivity index (χ0) is 23.2. The highest BCUT2D eigenvalue weighted by atomic mass is 19.4. The predicted molar refractivity (Wildman–Crippen MR) is 97.1 cm³/mol. The molecule has 1 heterocycles. The molecule has 0 spiro atoms. The van der Waals surface area contributed by atoms with Crippen molar-refractivity contribution in [1.82, 2.24) is 25.4 Å². The number of nitrogens with zero attached hydrogens (tertiary/aromatic N) is 3. The van der Waals surface area contributed by atoms with Gasteiger partial charge in [0.25, 0.3) is 0 Å². The molecule has 0 atom stereocenters. The third-order valence-corrected chi connectivity index (χ3v) is 3.89. The lowest BCUT2D eigenvalue weighted by Gasteiger charge is -2.13. The Morgan fingerprint density at radius 1 is 1.06 bits per heavy atom. The molecular formula is C18H17F6N5O2. The number of amides is 2. The van der Waals surface area contributed by atoms with Crippen LogP contribution < -0.4 is 10.6 Å². The van der Waals surface area contributed by atoms with Crippen LogP contribution in [0.3, 0.4) is 0 Å². The summed E-state index contributed by atoms with van der Waals surface area (Å²) in [5.74, 6) is -1.09. The van der Waals surface area contributed by atoms with Crippen LogP contribution in [0.4, 0.5) is 26.3 Å². The highest BCUT2D eigenvalue weighted by Crippen LogP contribution is 2.37. The Morgan fingerprint density at radius 2 is 1.68 bits per heavy atom. The second kappa shape index (κ2) is 9.62. The lowest BCUT2D eigenvalue weighted by Crippen LogP contribution is -2.24. The molecule has 0 radical (unpaired) electrons. The van der Waals surface area contributed by atoms with E-state index in [4.69, 9.17) is 0 Å². The molecule has 0 unspecified atom stereocenters. The summed E-state index contributed by atoms with van der Waals surface area (Å²) in [6, 6.07) is 1.03. The van der Waals surface area contributed by atoms with Gasteiger partial charge in [0.2, 0.25) is 11.8 Å². The molecule has 1 aromatic heterocycles. The minimum Gasteiger partial charge on any atom is -0.359 e. The molecule has 0 aliphatic carbocycles. The number of benzene rings is 1. The van der Waals surface area contributed by atoms with Crippen molar-refractivity contribution >= 4 is 18.0 Å². The molecule has 0 saturated heterocycles. The first-order chi connectivity index (χ1) is 14.4. The van der Waals surface area contributed by atoms with Crippen molar-refractivity contribution in [2.24, 2.45) is 0 Å². The zero-order valence-corrected chi connectivity index (χ0v) is 16.0. The normalized spacial score (nSPS) is 12.2. The second-order valence-electron chi connectivity index (χ2n) is 6.23. The number of alkyl halides is 6. The lowest BCUT2D eigenvalue weighted by molar-refractivity contribution is -0.143. The zero-order valence-electron chi connectivity index (χ0n) is 16.0. The standard InChI is InChI=1S/C18H17F6N5O2/c1-25-14(30)3-2-5-26-15(31)4-6-29-10-27-16(28-29)11-7-12(17(19,20)21)9-13(8-11)18(22,23)24/h4,6-10H,2-3,5H2,1H3,(H,25,30)(H,26,31)/b6-4-. The number of hydrogen-bond acceptors (Lipinski definition) is 4. The topological polar surface area (TPSA) is 88.9 Å². The number of carbonyl (C=O) groups is 2. The monoisotopic (exact) mass is 449 g/mol. The highest BCUT2D eigenvalue weighted by Gasteiger charge is 2.37. The van der Waals surface area contributed by atoms with E-state index in [1.807, 2.05) is 0 Å². The van der Waals surface area contributed by atoms with E-state index in [9.17, 15) is 35.9 Å². The second-order valence-corrected chi connectivity index (χ2v) is 6.23. The molecule has 0 aliphatic heterocycles. The first-order valence-electron chi connectivity index (χ1n) is 8.78. The van der Waals surface area contributed by atoms with Crippen LogP contribution in [-0.2, 0) is 21.9 Å². The minimum atomic E-state index is -4.99. The maximum atomic E-state index is 13.0. The van der Waals surface area contributed by atoms with Crippen LogP contribution in [0.1, 0.15) is 24.0 Å². The average Bonchev–Trinajstić information content (AvgIpc) is 3.17. The first kappa shape index (κ1) is 23.9. The van der Waals surface area contributed by atoms with Crippen LogP contribution in [0.25, 0.3) is 17.6 Å². The van der Waals surface area contributed by atoms with Gasteiger partial charge in [0.15, 0.2) is 5.82 Å². The molecule has 13 heteroatoms. The largest absolute Gasteiger partial charge is 0.416 e. The molecule has 0 fully saturated rings. The lowest BCUT2D eigenvalue weighted by atomic mass is 10.0. The molecule has 2 amide bonds. The van der Waals surface area contributed by atoms with Crippen molar-refractivity contribution in [3.05, 3.63) is 41.7 Å². The Hall–Kier alpha value is -3.38. The van der Waals surface area contributed by atoms with Crippen LogP contribution >= 0.6 is 0 Å². The van der Waals surface area contributed by atoms with Crippen molar-refractivity contribution in [3.63, 3.8) is 0 Å². The van der Waals surface area contributed by atoms with E-state index in [0.717, 1.165) is 23.3 Å². The van der Waals surface area contributed by atoms with Crippen LogP contribution in [0.15, 0.2) is 30.6 Å². The first-order valence-corrected chi connectivity index (χ1v) is 8.78. The van der Waals surface area contributed by atoms with Crippen molar-refractivity contribution in [2.45, 2.75) is 25.2 Å². The third-order valence-electron chi connectivity index (χ3n) is 3.89. The SMILES string of the molecule is CNC(=O)CCCNC(=O)/C=C\n1cnc(-c2cc(C(F)(F)F)cc(C(F)(F)F)c2)n1. The van der Waals surface area contributed by atoms with E-state index in [1.165, 1.54) is 7.05 Å². The minimum absolute atomic E-state index is 0.00880. The molecule has 0 saturated carbocycles. The summed E-state index contributed by atoms with van der Waals surface area (Å²) in [7, 11) is 1.49. The van der Waals surface area contributed by atoms with E-state index in [0.29, 0.717) is 18.6 Å². The average molecular weight is 449 g/mol. The van der Waals surface area contributed by atoms with Gasteiger partial charge in [-0.3, -0.25) is 9.59 Å². The third kappa shape index (κ3) is 7.12. The molecule has 168 valence electrons. The Bertz CT molecular complexity index is 933. The Balaban J connectivity index is 2.12. The fourth-order valence-corrected chi connectivity index (χ4v) is 2.35. The quantitative estimate of drug-likeness (QED) is 0.386. The molecule has 2 N–H and O–H groups in total. The van der Waals surface area contributed by atoms with Gasteiger partial charge in [-0.25, -0.2) is 9.67 Å².